The Bertz CT molecular complexity index is 352. The van der Waals surface area contributed by atoms with Crippen LogP contribution in [0.4, 0.5) is 4.39 Å². The van der Waals surface area contributed by atoms with Crippen LogP contribution >= 0.6 is 15.9 Å². The van der Waals surface area contributed by atoms with Gasteiger partial charge in [0.15, 0.2) is 0 Å². The Hall–Kier alpha value is -0.450. The second kappa shape index (κ2) is 5.25. The highest BCUT2D eigenvalue weighted by Crippen LogP contribution is 2.17. The molecule has 0 aliphatic carbocycles. The molecule has 1 saturated heterocycles. The highest BCUT2D eigenvalue weighted by molar-refractivity contribution is 9.10. The minimum Gasteiger partial charge on any atom is -0.377 e. The first-order valence-electron chi connectivity index (χ1n) is 5.45. The standard InChI is InChI=1S/C12H15BrFNO/c1-8-12(2-3-16-8)15-7-9-4-10(13)6-11(14)5-9/h4-6,8,12,15H,2-3,7H2,1H3. The van der Waals surface area contributed by atoms with E-state index < -0.39 is 0 Å². The Balaban J connectivity index is 1.94. The van der Waals surface area contributed by atoms with E-state index in [-0.39, 0.29) is 11.9 Å². The zero-order chi connectivity index (χ0) is 11.5. The Morgan fingerprint density at radius 1 is 1.50 bits per heavy atom. The van der Waals surface area contributed by atoms with E-state index in [2.05, 4.69) is 28.2 Å². The van der Waals surface area contributed by atoms with Crippen LogP contribution in [0.2, 0.25) is 0 Å². The lowest BCUT2D eigenvalue weighted by molar-refractivity contribution is 0.113. The maximum absolute atomic E-state index is 13.1. The van der Waals surface area contributed by atoms with Gasteiger partial charge in [0.05, 0.1) is 6.10 Å². The van der Waals surface area contributed by atoms with Gasteiger partial charge >= 0.3 is 0 Å². The second-order valence-corrected chi connectivity index (χ2v) is 5.05. The highest BCUT2D eigenvalue weighted by atomic mass is 79.9. The topological polar surface area (TPSA) is 21.3 Å². The maximum Gasteiger partial charge on any atom is 0.124 e. The van der Waals surface area contributed by atoms with Crippen LogP contribution < -0.4 is 5.32 Å². The molecule has 2 atom stereocenters. The van der Waals surface area contributed by atoms with Crippen LogP contribution in [0, 0.1) is 5.82 Å². The fraction of sp³-hybridized carbons (Fsp3) is 0.500. The smallest absolute Gasteiger partial charge is 0.124 e. The summed E-state index contributed by atoms with van der Waals surface area (Å²) in [4.78, 5) is 0. The van der Waals surface area contributed by atoms with Gasteiger partial charge in [-0.05, 0) is 37.1 Å². The number of halogens is 2. The average Bonchev–Trinajstić information content (AvgIpc) is 2.59. The molecule has 4 heteroatoms. The van der Waals surface area contributed by atoms with Crippen molar-refractivity contribution in [3.8, 4) is 0 Å². The zero-order valence-corrected chi connectivity index (χ0v) is 10.8. The van der Waals surface area contributed by atoms with Crippen molar-refractivity contribution in [1.29, 1.82) is 0 Å². The summed E-state index contributed by atoms with van der Waals surface area (Å²) in [5, 5.41) is 3.39. The molecule has 16 heavy (non-hydrogen) atoms. The molecule has 1 aliphatic heterocycles. The van der Waals surface area contributed by atoms with E-state index in [0.717, 1.165) is 23.1 Å². The molecule has 1 aromatic rings. The van der Waals surface area contributed by atoms with Crippen LogP contribution in [-0.4, -0.2) is 18.8 Å². The van der Waals surface area contributed by atoms with Gasteiger partial charge < -0.3 is 10.1 Å². The van der Waals surface area contributed by atoms with Crippen LogP contribution in [0.5, 0.6) is 0 Å². The third-order valence-corrected chi connectivity index (χ3v) is 3.32. The van der Waals surface area contributed by atoms with Gasteiger partial charge in [0.1, 0.15) is 5.82 Å². The molecule has 1 heterocycles. The van der Waals surface area contributed by atoms with Gasteiger partial charge in [0.2, 0.25) is 0 Å². The fourth-order valence-electron chi connectivity index (χ4n) is 1.96. The monoisotopic (exact) mass is 287 g/mol. The first-order chi connectivity index (χ1) is 7.65. The molecule has 2 unspecified atom stereocenters. The minimum absolute atomic E-state index is 0.207. The van der Waals surface area contributed by atoms with Crippen LogP contribution in [0.1, 0.15) is 18.9 Å². The Kier molecular flexibility index (Phi) is 3.95. The van der Waals surface area contributed by atoms with Crippen molar-refractivity contribution in [2.24, 2.45) is 0 Å². The van der Waals surface area contributed by atoms with Crippen molar-refractivity contribution < 1.29 is 9.13 Å². The zero-order valence-electron chi connectivity index (χ0n) is 9.17. The van der Waals surface area contributed by atoms with Gasteiger partial charge in [-0.2, -0.15) is 0 Å². The number of rotatable bonds is 3. The predicted octanol–water partition coefficient (Wildman–Crippen LogP) is 2.86. The van der Waals surface area contributed by atoms with Crippen LogP contribution in [-0.2, 0) is 11.3 Å². The first-order valence-corrected chi connectivity index (χ1v) is 6.24. The third kappa shape index (κ3) is 3.03. The molecular weight excluding hydrogens is 273 g/mol. The van der Waals surface area contributed by atoms with Crippen molar-refractivity contribution in [1.82, 2.24) is 5.32 Å². The van der Waals surface area contributed by atoms with Crippen LogP contribution in [0.15, 0.2) is 22.7 Å². The summed E-state index contributed by atoms with van der Waals surface area (Å²) < 4.78 is 19.4. The lowest BCUT2D eigenvalue weighted by Crippen LogP contribution is -2.34. The van der Waals surface area contributed by atoms with Gasteiger partial charge in [-0.25, -0.2) is 4.39 Å². The Morgan fingerprint density at radius 2 is 2.31 bits per heavy atom. The molecule has 1 aromatic carbocycles. The molecule has 0 radical (unpaired) electrons. The number of nitrogens with one attached hydrogen (secondary N) is 1. The molecule has 0 bridgehead atoms. The van der Waals surface area contributed by atoms with E-state index in [1.165, 1.54) is 6.07 Å². The van der Waals surface area contributed by atoms with E-state index in [1.807, 2.05) is 6.07 Å². The van der Waals surface area contributed by atoms with E-state index in [0.29, 0.717) is 12.6 Å². The summed E-state index contributed by atoms with van der Waals surface area (Å²) in [6.45, 7) is 3.55. The van der Waals surface area contributed by atoms with E-state index >= 15 is 0 Å². The largest absolute Gasteiger partial charge is 0.377 e. The molecule has 2 nitrogen and oxygen atoms in total. The van der Waals surface area contributed by atoms with Crippen LogP contribution in [0.3, 0.4) is 0 Å². The van der Waals surface area contributed by atoms with Crippen LogP contribution in [0.25, 0.3) is 0 Å². The minimum atomic E-state index is -0.207. The molecule has 1 fully saturated rings. The normalized spacial score (nSPS) is 24.9. The summed E-state index contributed by atoms with van der Waals surface area (Å²) in [5.74, 6) is -0.207. The fourth-order valence-corrected chi connectivity index (χ4v) is 2.47. The third-order valence-electron chi connectivity index (χ3n) is 2.87. The van der Waals surface area contributed by atoms with Gasteiger partial charge in [-0.3, -0.25) is 0 Å². The molecule has 0 aromatic heterocycles. The quantitative estimate of drug-likeness (QED) is 0.923. The molecule has 0 spiro atoms. The number of hydrogen-bond donors (Lipinski definition) is 1. The summed E-state index contributed by atoms with van der Waals surface area (Å²) >= 11 is 3.29. The van der Waals surface area contributed by atoms with Gasteiger partial charge in [-0.1, -0.05) is 15.9 Å². The van der Waals surface area contributed by atoms with E-state index in [4.69, 9.17) is 4.74 Å². The molecule has 2 rings (SSSR count). The van der Waals surface area contributed by atoms with E-state index in [1.54, 1.807) is 6.07 Å². The molecular formula is C12H15BrFNO. The highest BCUT2D eigenvalue weighted by Gasteiger charge is 2.23. The Morgan fingerprint density at radius 3 is 2.94 bits per heavy atom. The average molecular weight is 288 g/mol. The lowest BCUT2D eigenvalue weighted by atomic mass is 10.1. The van der Waals surface area contributed by atoms with Gasteiger partial charge in [0.25, 0.3) is 0 Å². The lowest BCUT2D eigenvalue weighted by Gasteiger charge is -2.16. The second-order valence-electron chi connectivity index (χ2n) is 4.13. The maximum atomic E-state index is 13.1. The summed E-state index contributed by atoms with van der Waals surface area (Å²) in [7, 11) is 0. The molecule has 0 saturated carbocycles. The van der Waals surface area contributed by atoms with Crippen molar-refractivity contribution in [3.05, 3.63) is 34.1 Å². The molecule has 1 aliphatic rings. The van der Waals surface area contributed by atoms with Gasteiger partial charge in [-0.15, -0.1) is 0 Å². The number of ether oxygens (including phenoxy) is 1. The summed E-state index contributed by atoms with van der Waals surface area (Å²) in [6, 6.07) is 5.32. The first kappa shape index (κ1) is 12.0. The number of hydrogen-bond acceptors (Lipinski definition) is 2. The van der Waals surface area contributed by atoms with Crippen molar-refractivity contribution in [2.45, 2.75) is 32.0 Å². The van der Waals surface area contributed by atoms with Gasteiger partial charge in [0, 0.05) is 23.7 Å². The predicted molar refractivity (Wildman–Crippen MR) is 64.8 cm³/mol. The molecule has 0 amide bonds. The molecule has 1 N–H and O–H groups in total. The van der Waals surface area contributed by atoms with Crippen molar-refractivity contribution in [2.75, 3.05) is 6.61 Å². The number of benzene rings is 1. The Labute approximate surface area is 103 Å². The summed E-state index contributed by atoms with van der Waals surface area (Å²) in [6.07, 6.45) is 1.27. The molecule has 88 valence electrons. The van der Waals surface area contributed by atoms with E-state index in [9.17, 15) is 4.39 Å². The SMILES string of the molecule is CC1OCCC1NCc1cc(F)cc(Br)c1. The summed E-state index contributed by atoms with van der Waals surface area (Å²) in [5.41, 5.74) is 0.950. The van der Waals surface area contributed by atoms with Crippen molar-refractivity contribution >= 4 is 15.9 Å². The van der Waals surface area contributed by atoms with Crippen molar-refractivity contribution in [3.63, 3.8) is 0 Å².